The van der Waals surface area contributed by atoms with Gasteiger partial charge in [0.05, 0.1) is 7.11 Å². The van der Waals surface area contributed by atoms with Crippen molar-refractivity contribution >= 4 is 0 Å². The molecule has 0 saturated heterocycles. The summed E-state index contributed by atoms with van der Waals surface area (Å²) < 4.78 is 15.4. The van der Waals surface area contributed by atoms with E-state index in [4.69, 9.17) is 19.9 Å². The molecule has 0 aliphatic carbocycles. The molecule has 1 rings (SSSR count). The molecule has 2 N–H and O–H groups in total. The summed E-state index contributed by atoms with van der Waals surface area (Å²) in [6.45, 7) is 2.11. The Hall–Kier alpha value is -1.26. The van der Waals surface area contributed by atoms with E-state index in [0.29, 0.717) is 5.75 Å². The summed E-state index contributed by atoms with van der Waals surface area (Å²) in [6, 6.07) is 5.48. The maximum Gasteiger partial charge on any atom is 0.188 e. The first-order chi connectivity index (χ1) is 7.19. The second kappa shape index (κ2) is 5.58. The molecular formula is C11H17NO3. The van der Waals surface area contributed by atoms with Crippen LogP contribution in [0.4, 0.5) is 0 Å². The lowest BCUT2D eigenvalue weighted by atomic mass is 10.1. The quantitative estimate of drug-likeness (QED) is 0.753. The lowest BCUT2D eigenvalue weighted by Gasteiger charge is -2.14. The van der Waals surface area contributed by atoms with Crippen molar-refractivity contribution in [1.82, 2.24) is 0 Å². The zero-order valence-electron chi connectivity index (χ0n) is 9.32. The van der Waals surface area contributed by atoms with Gasteiger partial charge in [0.2, 0.25) is 0 Å². The Morgan fingerprint density at radius 2 is 2.07 bits per heavy atom. The highest BCUT2D eigenvalue weighted by atomic mass is 16.7. The zero-order valence-corrected chi connectivity index (χ0v) is 9.32. The van der Waals surface area contributed by atoms with E-state index in [9.17, 15) is 0 Å². The Morgan fingerprint density at radius 3 is 2.60 bits per heavy atom. The van der Waals surface area contributed by atoms with Crippen molar-refractivity contribution in [1.29, 1.82) is 0 Å². The largest absolute Gasteiger partial charge is 0.497 e. The maximum atomic E-state index is 5.82. The molecule has 0 aliphatic heterocycles. The van der Waals surface area contributed by atoms with Crippen LogP contribution in [0.1, 0.15) is 18.5 Å². The standard InChI is InChI=1S/C11H17NO3/c1-8(12)10-5-4-9(14-3)6-11(10)15-7-13-2/h4-6,8H,7,12H2,1-3H3/t8-/m0/s1. The van der Waals surface area contributed by atoms with E-state index in [1.165, 1.54) is 0 Å². The van der Waals surface area contributed by atoms with Crippen molar-refractivity contribution in [3.05, 3.63) is 23.8 Å². The smallest absolute Gasteiger partial charge is 0.188 e. The van der Waals surface area contributed by atoms with E-state index in [2.05, 4.69) is 0 Å². The highest BCUT2D eigenvalue weighted by Crippen LogP contribution is 2.28. The van der Waals surface area contributed by atoms with Crippen molar-refractivity contribution in [2.45, 2.75) is 13.0 Å². The summed E-state index contributed by atoms with van der Waals surface area (Å²) in [5.74, 6) is 1.44. The van der Waals surface area contributed by atoms with Crippen LogP contribution in [0.5, 0.6) is 11.5 Å². The Bertz CT molecular complexity index is 313. The van der Waals surface area contributed by atoms with Crippen molar-refractivity contribution in [2.75, 3.05) is 21.0 Å². The van der Waals surface area contributed by atoms with Crippen molar-refractivity contribution in [3.63, 3.8) is 0 Å². The molecule has 0 radical (unpaired) electrons. The summed E-state index contributed by atoms with van der Waals surface area (Å²) in [4.78, 5) is 0. The van der Waals surface area contributed by atoms with Crippen LogP contribution < -0.4 is 15.2 Å². The van der Waals surface area contributed by atoms with Gasteiger partial charge in [0.15, 0.2) is 6.79 Å². The second-order valence-corrected chi connectivity index (χ2v) is 3.24. The summed E-state index contributed by atoms with van der Waals surface area (Å²) in [5, 5.41) is 0. The zero-order chi connectivity index (χ0) is 11.3. The predicted octanol–water partition coefficient (Wildman–Crippen LogP) is 1.70. The van der Waals surface area contributed by atoms with Gasteiger partial charge in [-0.25, -0.2) is 0 Å². The summed E-state index contributed by atoms with van der Waals surface area (Å²) in [6.07, 6.45) is 0. The van der Waals surface area contributed by atoms with Crippen LogP contribution in [0, 0.1) is 0 Å². The molecule has 0 amide bonds. The molecule has 0 saturated carbocycles. The lowest BCUT2D eigenvalue weighted by Crippen LogP contribution is -2.09. The van der Waals surface area contributed by atoms with E-state index in [1.54, 1.807) is 20.3 Å². The average molecular weight is 211 g/mol. The Balaban J connectivity index is 2.94. The van der Waals surface area contributed by atoms with Crippen molar-refractivity contribution in [3.8, 4) is 11.5 Å². The van der Waals surface area contributed by atoms with E-state index in [-0.39, 0.29) is 12.8 Å². The van der Waals surface area contributed by atoms with Crippen LogP contribution in [0.15, 0.2) is 18.2 Å². The van der Waals surface area contributed by atoms with Gasteiger partial charge in [-0.15, -0.1) is 0 Å². The highest BCUT2D eigenvalue weighted by molar-refractivity contribution is 5.42. The number of methoxy groups -OCH3 is 2. The molecule has 0 unspecified atom stereocenters. The average Bonchev–Trinajstić information content (AvgIpc) is 2.25. The van der Waals surface area contributed by atoms with Gasteiger partial charge < -0.3 is 19.9 Å². The Morgan fingerprint density at radius 1 is 1.33 bits per heavy atom. The molecule has 0 heterocycles. The van der Waals surface area contributed by atoms with Gasteiger partial charge in [-0.2, -0.15) is 0 Å². The monoisotopic (exact) mass is 211 g/mol. The van der Waals surface area contributed by atoms with Crippen LogP contribution in [0.2, 0.25) is 0 Å². The number of ether oxygens (including phenoxy) is 3. The van der Waals surface area contributed by atoms with Crippen LogP contribution in [-0.4, -0.2) is 21.0 Å². The van der Waals surface area contributed by atoms with Gasteiger partial charge in [0.25, 0.3) is 0 Å². The van der Waals surface area contributed by atoms with E-state index < -0.39 is 0 Å². The molecule has 1 aromatic carbocycles. The van der Waals surface area contributed by atoms with E-state index >= 15 is 0 Å². The number of benzene rings is 1. The topological polar surface area (TPSA) is 53.7 Å². The first-order valence-electron chi connectivity index (χ1n) is 4.74. The molecule has 15 heavy (non-hydrogen) atoms. The predicted molar refractivity (Wildman–Crippen MR) is 58.1 cm³/mol. The van der Waals surface area contributed by atoms with Crippen molar-refractivity contribution in [2.24, 2.45) is 5.73 Å². The van der Waals surface area contributed by atoms with Gasteiger partial charge in [-0.1, -0.05) is 6.07 Å². The molecule has 1 aromatic rings. The molecule has 0 aromatic heterocycles. The van der Waals surface area contributed by atoms with Crippen LogP contribution in [0.25, 0.3) is 0 Å². The fraction of sp³-hybridized carbons (Fsp3) is 0.455. The summed E-state index contributed by atoms with van der Waals surface area (Å²) >= 11 is 0. The molecule has 4 nitrogen and oxygen atoms in total. The van der Waals surface area contributed by atoms with Gasteiger partial charge >= 0.3 is 0 Å². The van der Waals surface area contributed by atoms with Crippen LogP contribution >= 0.6 is 0 Å². The minimum Gasteiger partial charge on any atom is -0.497 e. The van der Waals surface area contributed by atoms with Gasteiger partial charge in [-0.3, -0.25) is 0 Å². The van der Waals surface area contributed by atoms with Gasteiger partial charge in [0.1, 0.15) is 11.5 Å². The molecule has 1 atom stereocenters. The third kappa shape index (κ3) is 3.11. The van der Waals surface area contributed by atoms with Gasteiger partial charge in [0, 0.05) is 24.8 Å². The molecule has 0 aliphatic rings. The highest BCUT2D eigenvalue weighted by Gasteiger charge is 2.09. The molecule has 0 fully saturated rings. The number of hydrogen-bond acceptors (Lipinski definition) is 4. The van der Waals surface area contributed by atoms with E-state index in [0.717, 1.165) is 11.3 Å². The molecule has 84 valence electrons. The fourth-order valence-corrected chi connectivity index (χ4v) is 1.27. The molecule has 4 heteroatoms. The Kier molecular flexibility index (Phi) is 4.39. The summed E-state index contributed by atoms with van der Waals surface area (Å²) in [5.41, 5.74) is 6.75. The second-order valence-electron chi connectivity index (χ2n) is 3.24. The third-order valence-electron chi connectivity index (χ3n) is 2.04. The molecule has 0 bridgehead atoms. The number of rotatable bonds is 5. The molecule has 0 spiro atoms. The van der Waals surface area contributed by atoms with Crippen molar-refractivity contribution < 1.29 is 14.2 Å². The first kappa shape index (κ1) is 11.8. The molecular weight excluding hydrogens is 194 g/mol. The number of hydrogen-bond donors (Lipinski definition) is 1. The number of nitrogens with two attached hydrogens (primary N) is 1. The normalized spacial score (nSPS) is 12.3. The minimum absolute atomic E-state index is 0.0808. The first-order valence-corrected chi connectivity index (χ1v) is 4.74. The Labute approximate surface area is 89.9 Å². The van der Waals surface area contributed by atoms with E-state index in [1.807, 2.05) is 19.1 Å². The lowest BCUT2D eigenvalue weighted by molar-refractivity contribution is 0.0501. The minimum atomic E-state index is -0.0808. The third-order valence-corrected chi connectivity index (χ3v) is 2.04. The van der Waals surface area contributed by atoms with Gasteiger partial charge in [-0.05, 0) is 13.0 Å². The summed E-state index contributed by atoms with van der Waals surface area (Å²) in [7, 11) is 3.19. The van der Waals surface area contributed by atoms with Crippen LogP contribution in [-0.2, 0) is 4.74 Å². The van der Waals surface area contributed by atoms with Crippen LogP contribution in [0.3, 0.4) is 0 Å². The maximum absolute atomic E-state index is 5.82. The fourth-order valence-electron chi connectivity index (χ4n) is 1.27. The SMILES string of the molecule is COCOc1cc(OC)ccc1[C@H](C)N.